The number of nitrogens with one attached hydrogen (secondary N) is 1. The van der Waals surface area contributed by atoms with Crippen molar-refractivity contribution in [3.8, 4) is 0 Å². The Balaban J connectivity index is 2.08. The number of sulfonamides is 1. The van der Waals surface area contributed by atoms with Gasteiger partial charge in [-0.15, -0.1) is 0 Å². The van der Waals surface area contributed by atoms with E-state index in [1.54, 1.807) is 50.2 Å². The number of para-hydroxylation sites is 1. The highest BCUT2D eigenvalue weighted by Gasteiger charge is 2.33. The van der Waals surface area contributed by atoms with Crippen LogP contribution in [-0.2, 0) is 32.6 Å². The van der Waals surface area contributed by atoms with Crippen LogP contribution in [0.15, 0.2) is 72.8 Å². The van der Waals surface area contributed by atoms with Crippen molar-refractivity contribution in [1.82, 2.24) is 10.2 Å². The number of halogens is 1. The lowest BCUT2D eigenvalue weighted by Gasteiger charge is -2.34. The molecule has 0 aliphatic heterocycles. The minimum Gasteiger partial charge on any atom is -0.357 e. The highest BCUT2D eigenvalue weighted by Crippen LogP contribution is 2.28. The van der Waals surface area contributed by atoms with Gasteiger partial charge in [0.25, 0.3) is 0 Å². The minimum absolute atomic E-state index is 0.0355. The van der Waals surface area contributed by atoms with E-state index in [2.05, 4.69) is 5.32 Å². The van der Waals surface area contributed by atoms with Crippen LogP contribution in [0.2, 0.25) is 5.02 Å². The van der Waals surface area contributed by atoms with Gasteiger partial charge in [0, 0.05) is 25.0 Å². The molecule has 9 heteroatoms. The maximum Gasteiger partial charge on any atom is 0.244 e. The Labute approximate surface area is 224 Å². The minimum atomic E-state index is -3.82. The standard InChI is InChI=1S/C28H32ClN3O4S/c1-20-11-10-12-21(2)27(20)32(37(4,35)36)19-26(33)31(18-23-15-8-9-16-24(23)29)25(28(34)30-3)17-22-13-6-5-7-14-22/h5-16,25H,17-19H2,1-4H3,(H,30,34). The Morgan fingerprint density at radius 2 is 1.51 bits per heavy atom. The molecule has 3 rings (SSSR count). The number of aryl methyl sites for hydroxylation is 2. The molecule has 0 radical (unpaired) electrons. The van der Waals surface area contributed by atoms with Gasteiger partial charge in [-0.2, -0.15) is 0 Å². The molecule has 196 valence electrons. The Bertz CT molecular complexity index is 1340. The number of nitrogens with zero attached hydrogens (tertiary/aromatic N) is 2. The summed E-state index contributed by atoms with van der Waals surface area (Å²) in [5.41, 5.74) is 3.42. The zero-order valence-electron chi connectivity index (χ0n) is 21.4. The van der Waals surface area contributed by atoms with Crippen LogP contribution < -0.4 is 9.62 Å². The number of hydrogen-bond donors (Lipinski definition) is 1. The third-order valence-electron chi connectivity index (χ3n) is 6.18. The first-order valence-electron chi connectivity index (χ1n) is 11.8. The van der Waals surface area contributed by atoms with E-state index in [0.717, 1.165) is 27.3 Å². The normalized spacial score (nSPS) is 12.0. The molecule has 0 fully saturated rings. The Hall–Kier alpha value is -3.36. The molecule has 0 saturated heterocycles. The molecular formula is C28H32ClN3O4S. The topological polar surface area (TPSA) is 86.8 Å². The van der Waals surface area contributed by atoms with Crippen LogP contribution in [0.4, 0.5) is 5.69 Å². The van der Waals surface area contributed by atoms with Crippen LogP contribution in [0, 0.1) is 13.8 Å². The number of amides is 2. The molecule has 0 aliphatic carbocycles. The number of carbonyl (C=O) groups is 2. The van der Waals surface area contributed by atoms with E-state index in [1.807, 2.05) is 36.4 Å². The third kappa shape index (κ3) is 7.11. The molecule has 1 N–H and O–H groups in total. The van der Waals surface area contributed by atoms with Crippen molar-refractivity contribution in [3.63, 3.8) is 0 Å². The predicted octanol–water partition coefficient (Wildman–Crippen LogP) is 4.11. The van der Waals surface area contributed by atoms with E-state index < -0.39 is 28.5 Å². The molecule has 2 amide bonds. The van der Waals surface area contributed by atoms with E-state index in [-0.39, 0.29) is 18.9 Å². The highest BCUT2D eigenvalue weighted by atomic mass is 35.5. The van der Waals surface area contributed by atoms with E-state index >= 15 is 0 Å². The highest BCUT2D eigenvalue weighted by molar-refractivity contribution is 7.92. The quantitative estimate of drug-likeness (QED) is 0.418. The zero-order valence-corrected chi connectivity index (χ0v) is 23.0. The molecule has 7 nitrogen and oxygen atoms in total. The van der Waals surface area contributed by atoms with Crippen molar-refractivity contribution in [2.24, 2.45) is 0 Å². The molecule has 3 aromatic carbocycles. The number of carbonyl (C=O) groups excluding carboxylic acids is 2. The van der Waals surface area contributed by atoms with Crippen LogP contribution in [0.25, 0.3) is 0 Å². The fourth-order valence-corrected chi connectivity index (χ4v) is 5.47. The monoisotopic (exact) mass is 541 g/mol. The Kier molecular flexibility index (Phi) is 9.34. The maximum atomic E-state index is 14.0. The van der Waals surface area contributed by atoms with Crippen LogP contribution in [0.5, 0.6) is 0 Å². The summed E-state index contributed by atoms with van der Waals surface area (Å²) < 4.78 is 26.9. The lowest BCUT2D eigenvalue weighted by Crippen LogP contribution is -2.53. The first-order valence-corrected chi connectivity index (χ1v) is 14.1. The summed E-state index contributed by atoms with van der Waals surface area (Å²) in [6.07, 6.45) is 1.32. The molecule has 37 heavy (non-hydrogen) atoms. The molecule has 1 unspecified atom stereocenters. The summed E-state index contributed by atoms with van der Waals surface area (Å²) in [5, 5.41) is 3.11. The average Bonchev–Trinajstić information content (AvgIpc) is 2.86. The number of anilines is 1. The Morgan fingerprint density at radius 1 is 0.919 bits per heavy atom. The maximum absolute atomic E-state index is 14.0. The molecule has 3 aromatic rings. The van der Waals surface area contributed by atoms with Gasteiger partial charge in [0.2, 0.25) is 21.8 Å². The molecule has 0 spiro atoms. The largest absolute Gasteiger partial charge is 0.357 e. The summed E-state index contributed by atoms with van der Waals surface area (Å²) in [6, 6.07) is 21.0. The predicted molar refractivity (Wildman–Crippen MR) is 148 cm³/mol. The summed E-state index contributed by atoms with van der Waals surface area (Å²) in [7, 11) is -2.31. The average molecular weight is 542 g/mol. The van der Waals surface area contributed by atoms with E-state index in [9.17, 15) is 18.0 Å². The zero-order chi connectivity index (χ0) is 27.2. The molecule has 0 aliphatic rings. The molecule has 1 atom stereocenters. The van der Waals surface area contributed by atoms with E-state index in [0.29, 0.717) is 16.3 Å². The van der Waals surface area contributed by atoms with Gasteiger partial charge in [-0.05, 0) is 42.2 Å². The number of rotatable bonds is 10. The van der Waals surface area contributed by atoms with Crippen molar-refractivity contribution in [3.05, 3.63) is 100 Å². The van der Waals surface area contributed by atoms with Crippen LogP contribution in [-0.4, -0.2) is 51.0 Å². The third-order valence-corrected chi connectivity index (χ3v) is 7.67. The molecule has 0 saturated carbocycles. The van der Waals surface area contributed by atoms with Crippen LogP contribution in [0.3, 0.4) is 0 Å². The molecule has 0 bridgehead atoms. The second-order valence-corrected chi connectivity index (χ2v) is 11.3. The van der Waals surface area contributed by atoms with E-state index in [4.69, 9.17) is 11.6 Å². The van der Waals surface area contributed by atoms with Crippen molar-refractivity contribution in [2.45, 2.75) is 32.9 Å². The first kappa shape index (κ1) is 28.2. The van der Waals surface area contributed by atoms with Gasteiger partial charge >= 0.3 is 0 Å². The van der Waals surface area contributed by atoms with Gasteiger partial charge < -0.3 is 10.2 Å². The lowest BCUT2D eigenvalue weighted by molar-refractivity contribution is -0.139. The van der Waals surface area contributed by atoms with Crippen molar-refractivity contribution >= 4 is 39.1 Å². The van der Waals surface area contributed by atoms with Gasteiger partial charge in [0.1, 0.15) is 12.6 Å². The fourth-order valence-electron chi connectivity index (χ4n) is 4.31. The van der Waals surface area contributed by atoms with Gasteiger partial charge in [-0.3, -0.25) is 13.9 Å². The van der Waals surface area contributed by atoms with Crippen molar-refractivity contribution in [2.75, 3.05) is 24.2 Å². The first-order chi connectivity index (χ1) is 17.5. The number of benzene rings is 3. The fraction of sp³-hybridized carbons (Fsp3) is 0.286. The number of hydrogen-bond acceptors (Lipinski definition) is 4. The summed E-state index contributed by atoms with van der Waals surface area (Å²) >= 11 is 6.42. The summed E-state index contributed by atoms with van der Waals surface area (Å²) in [6.45, 7) is 3.18. The molecule has 0 heterocycles. The van der Waals surface area contributed by atoms with Gasteiger partial charge in [0.15, 0.2) is 0 Å². The lowest BCUT2D eigenvalue weighted by atomic mass is 10.0. The second-order valence-electron chi connectivity index (χ2n) is 8.94. The second kappa shape index (κ2) is 12.3. The van der Waals surface area contributed by atoms with Crippen molar-refractivity contribution in [1.29, 1.82) is 0 Å². The van der Waals surface area contributed by atoms with Crippen LogP contribution >= 0.6 is 11.6 Å². The summed E-state index contributed by atoms with van der Waals surface area (Å²) in [4.78, 5) is 28.5. The summed E-state index contributed by atoms with van der Waals surface area (Å²) in [5.74, 6) is -0.875. The molecular weight excluding hydrogens is 510 g/mol. The van der Waals surface area contributed by atoms with Crippen LogP contribution in [0.1, 0.15) is 22.3 Å². The number of likely N-dealkylation sites (N-methyl/N-ethyl adjacent to an activating group) is 1. The SMILES string of the molecule is CNC(=O)C(Cc1ccccc1)N(Cc1ccccc1Cl)C(=O)CN(c1c(C)cccc1C)S(C)(=O)=O. The van der Waals surface area contributed by atoms with Gasteiger partial charge in [0.05, 0.1) is 11.9 Å². The smallest absolute Gasteiger partial charge is 0.244 e. The molecule has 0 aromatic heterocycles. The van der Waals surface area contributed by atoms with E-state index in [1.165, 1.54) is 11.9 Å². The van der Waals surface area contributed by atoms with Gasteiger partial charge in [-0.25, -0.2) is 8.42 Å². The van der Waals surface area contributed by atoms with Gasteiger partial charge in [-0.1, -0.05) is 78.3 Å². The Morgan fingerprint density at radius 3 is 2.08 bits per heavy atom. The van der Waals surface area contributed by atoms with Crippen molar-refractivity contribution < 1.29 is 18.0 Å².